The van der Waals surface area contributed by atoms with Crippen LogP contribution in [0.4, 0.5) is 0 Å². The second-order valence-electron chi connectivity index (χ2n) is 5.10. The van der Waals surface area contributed by atoms with Gasteiger partial charge in [0.05, 0.1) is 11.7 Å². The van der Waals surface area contributed by atoms with Crippen LogP contribution in [0.15, 0.2) is 48.5 Å². The van der Waals surface area contributed by atoms with Crippen molar-refractivity contribution in [1.29, 1.82) is 0 Å². The standard InChI is InChI=1S/C18H20O2S2/c1-19-15-9-7-14(8-10-15)13-20-17-6-3-2-5-16(17)18-21-11-4-12-22-18/h2-3,5-10,18H,4,11-13H2,1H3. The maximum atomic E-state index is 6.08. The fourth-order valence-electron chi connectivity index (χ4n) is 2.36. The van der Waals surface area contributed by atoms with Crippen molar-refractivity contribution in [2.45, 2.75) is 17.6 Å². The number of hydrogen-bond acceptors (Lipinski definition) is 4. The van der Waals surface area contributed by atoms with Gasteiger partial charge in [-0.15, -0.1) is 23.5 Å². The molecule has 1 heterocycles. The van der Waals surface area contributed by atoms with Gasteiger partial charge in [0.15, 0.2) is 0 Å². The normalized spacial score (nSPS) is 15.5. The van der Waals surface area contributed by atoms with Crippen molar-refractivity contribution in [3.05, 3.63) is 59.7 Å². The summed E-state index contributed by atoms with van der Waals surface area (Å²) in [6.45, 7) is 0.586. The summed E-state index contributed by atoms with van der Waals surface area (Å²) in [5.41, 5.74) is 2.46. The van der Waals surface area contributed by atoms with Crippen LogP contribution >= 0.6 is 23.5 Å². The molecule has 0 unspecified atom stereocenters. The summed E-state index contributed by atoms with van der Waals surface area (Å²) in [5.74, 6) is 4.36. The van der Waals surface area contributed by atoms with Gasteiger partial charge in [-0.1, -0.05) is 30.3 Å². The zero-order chi connectivity index (χ0) is 15.2. The van der Waals surface area contributed by atoms with Crippen LogP contribution in [0.25, 0.3) is 0 Å². The molecular formula is C18H20O2S2. The van der Waals surface area contributed by atoms with Crippen LogP contribution in [0.2, 0.25) is 0 Å². The number of ether oxygens (including phenoxy) is 2. The van der Waals surface area contributed by atoms with E-state index in [0.29, 0.717) is 11.2 Å². The van der Waals surface area contributed by atoms with Crippen LogP contribution < -0.4 is 9.47 Å². The Kier molecular flexibility index (Phi) is 5.57. The number of rotatable bonds is 5. The second kappa shape index (κ2) is 7.84. The number of hydrogen-bond donors (Lipinski definition) is 0. The Hall–Kier alpha value is -1.26. The summed E-state index contributed by atoms with van der Waals surface area (Å²) in [7, 11) is 1.68. The van der Waals surface area contributed by atoms with Crippen LogP contribution in [0, 0.1) is 0 Å². The van der Waals surface area contributed by atoms with Gasteiger partial charge in [0.25, 0.3) is 0 Å². The smallest absolute Gasteiger partial charge is 0.124 e. The fourth-order valence-corrected chi connectivity index (χ4v) is 5.30. The lowest BCUT2D eigenvalue weighted by atomic mass is 10.2. The minimum Gasteiger partial charge on any atom is -0.497 e. The van der Waals surface area contributed by atoms with Gasteiger partial charge in [0.2, 0.25) is 0 Å². The van der Waals surface area contributed by atoms with Crippen LogP contribution in [0.5, 0.6) is 11.5 Å². The first kappa shape index (κ1) is 15.6. The molecule has 1 fully saturated rings. The Labute approximate surface area is 140 Å². The summed E-state index contributed by atoms with van der Waals surface area (Å²) in [4.78, 5) is 0. The molecule has 2 aromatic rings. The number of para-hydroxylation sites is 1. The van der Waals surface area contributed by atoms with Gasteiger partial charge < -0.3 is 9.47 Å². The Morgan fingerprint density at radius 3 is 2.45 bits per heavy atom. The molecule has 116 valence electrons. The summed E-state index contributed by atoms with van der Waals surface area (Å²) in [5, 5.41) is 0. The molecule has 1 aliphatic rings. The molecule has 0 atom stereocenters. The highest BCUT2D eigenvalue weighted by Crippen LogP contribution is 2.46. The average Bonchev–Trinajstić information content (AvgIpc) is 2.61. The van der Waals surface area contributed by atoms with Gasteiger partial charge in [-0.05, 0) is 41.7 Å². The monoisotopic (exact) mass is 332 g/mol. The van der Waals surface area contributed by atoms with Crippen LogP contribution in [0.1, 0.15) is 22.1 Å². The van der Waals surface area contributed by atoms with E-state index in [1.807, 2.05) is 53.9 Å². The molecule has 3 rings (SSSR count). The minimum atomic E-state index is 0.501. The number of benzene rings is 2. The van der Waals surface area contributed by atoms with E-state index in [4.69, 9.17) is 9.47 Å². The first-order valence-corrected chi connectivity index (χ1v) is 9.54. The molecular weight excluding hydrogens is 312 g/mol. The van der Waals surface area contributed by atoms with Gasteiger partial charge in [-0.3, -0.25) is 0 Å². The maximum Gasteiger partial charge on any atom is 0.124 e. The molecule has 2 aromatic carbocycles. The zero-order valence-electron chi connectivity index (χ0n) is 12.7. The third-order valence-corrected chi connectivity index (χ3v) is 6.53. The fraction of sp³-hybridized carbons (Fsp3) is 0.333. The van der Waals surface area contributed by atoms with Crippen molar-refractivity contribution in [3.63, 3.8) is 0 Å². The molecule has 1 aliphatic heterocycles. The molecule has 0 bridgehead atoms. The lowest BCUT2D eigenvalue weighted by molar-refractivity contribution is 0.303. The summed E-state index contributed by atoms with van der Waals surface area (Å²) < 4.78 is 11.8. The largest absolute Gasteiger partial charge is 0.497 e. The average molecular weight is 332 g/mol. The van der Waals surface area contributed by atoms with Crippen molar-refractivity contribution >= 4 is 23.5 Å². The molecule has 0 N–H and O–H groups in total. The van der Waals surface area contributed by atoms with E-state index >= 15 is 0 Å². The van der Waals surface area contributed by atoms with E-state index in [1.165, 1.54) is 23.5 Å². The molecule has 0 aliphatic carbocycles. The highest BCUT2D eigenvalue weighted by Gasteiger charge is 2.20. The van der Waals surface area contributed by atoms with E-state index < -0.39 is 0 Å². The molecule has 0 radical (unpaired) electrons. The highest BCUT2D eigenvalue weighted by atomic mass is 32.2. The van der Waals surface area contributed by atoms with Crippen molar-refractivity contribution in [3.8, 4) is 11.5 Å². The van der Waals surface area contributed by atoms with Gasteiger partial charge in [-0.2, -0.15) is 0 Å². The summed E-state index contributed by atoms with van der Waals surface area (Å²) in [6.07, 6.45) is 1.31. The van der Waals surface area contributed by atoms with Crippen molar-refractivity contribution in [2.24, 2.45) is 0 Å². The predicted molar refractivity (Wildman–Crippen MR) is 96.0 cm³/mol. The molecule has 0 saturated carbocycles. The number of thioether (sulfide) groups is 2. The van der Waals surface area contributed by atoms with E-state index in [0.717, 1.165) is 17.1 Å². The Morgan fingerprint density at radius 1 is 1.00 bits per heavy atom. The molecule has 0 amide bonds. The first-order valence-electron chi connectivity index (χ1n) is 7.44. The summed E-state index contributed by atoms with van der Waals surface area (Å²) >= 11 is 4.05. The molecule has 2 nitrogen and oxygen atoms in total. The molecule has 0 spiro atoms. The molecule has 0 aromatic heterocycles. The van der Waals surface area contributed by atoms with Crippen molar-refractivity contribution in [2.75, 3.05) is 18.6 Å². The lowest BCUT2D eigenvalue weighted by Gasteiger charge is -2.23. The van der Waals surface area contributed by atoms with Crippen LogP contribution in [-0.4, -0.2) is 18.6 Å². The first-order chi connectivity index (χ1) is 10.9. The Morgan fingerprint density at radius 2 is 1.73 bits per heavy atom. The van der Waals surface area contributed by atoms with E-state index in [2.05, 4.69) is 18.2 Å². The summed E-state index contributed by atoms with van der Waals surface area (Å²) in [6, 6.07) is 16.5. The quantitative estimate of drug-likeness (QED) is 0.754. The Bertz CT molecular complexity index is 592. The third kappa shape index (κ3) is 3.93. The van der Waals surface area contributed by atoms with E-state index in [1.54, 1.807) is 7.11 Å². The van der Waals surface area contributed by atoms with Crippen LogP contribution in [0.3, 0.4) is 0 Å². The van der Waals surface area contributed by atoms with Gasteiger partial charge in [0, 0.05) is 5.56 Å². The predicted octanol–water partition coefficient (Wildman–Crippen LogP) is 5.14. The second-order valence-corrected chi connectivity index (χ2v) is 7.83. The number of methoxy groups -OCH3 is 1. The van der Waals surface area contributed by atoms with Gasteiger partial charge >= 0.3 is 0 Å². The highest BCUT2D eigenvalue weighted by molar-refractivity contribution is 8.16. The topological polar surface area (TPSA) is 18.5 Å². The van der Waals surface area contributed by atoms with Gasteiger partial charge in [-0.25, -0.2) is 0 Å². The minimum absolute atomic E-state index is 0.501. The maximum absolute atomic E-state index is 6.08. The van der Waals surface area contributed by atoms with Crippen molar-refractivity contribution in [1.82, 2.24) is 0 Å². The SMILES string of the molecule is COc1ccc(COc2ccccc2C2SCCCS2)cc1. The van der Waals surface area contributed by atoms with Gasteiger partial charge in [0.1, 0.15) is 18.1 Å². The Balaban J connectivity index is 1.68. The molecule has 22 heavy (non-hydrogen) atoms. The molecule has 1 saturated heterocycles. The zero-order valence-corrected chi connectivity index (χ0v) is 14.3. The van der Waals surface area contributed by atoms with Crippen molar-refractivity contribution < 1.29 is 9.47 Å². The third-order valence-electron chi connectivity index (χ3n) is 3.55. The van der Waals surface area contributed by atoms with E-state index in [9.17, 15) is 0 Å². The van der Waals surface area contributed by atoms with Crippen LogP contribution in [-0.2, 0) is 6.61 Å². The lowest BCUT2D eigenvalue weighted by Crippen LogP contribution is -2.04. The van der Waals surface area contributed by atoms with E-state index in [-0.39, 0.29) is 0 Å². The molecule has 4 heteroatoms.